The van der Waals surface area contributed by atoms with E-state index in [9.17, 15) is 0 Å². The van der Waals surface area contributed by atoms with Crippen LogP contribution in [-0.4, -0.2) is 47.1 Å². The number of hydrogen-bond donors (Lipinski definition) is 0. The summed E-state index contributed by atoms with van der Waals surface area (Å²) >= 11 is 0. The van der Waals surface area contributed by atoms with Gasteiger partial charge in [0, 0.05) is 36.9 Å². The molecular formula is C18H30N4. The van der Waals surface area contributed by atoms with Crippen LogP contribution in [0.2, 0.25) is 0 Å². The summed E-state index contributed by atoms with van der Waals surface area (Å²) in [5.74, 6) is 1.58. The fourth-order valence-electron chi connectivity index (χ4n) is 3.82. The Hall–Kier alpha value is -1.16. The minimum atomic E-state index is 0.533. The van der Waals surface area contributed by atoms with E-state index in [0.717, 1.165) is 25.5 Å². The van der Waals surface area contributed by atoms with Gasteiger partial charge in [0.05, 0.1) is 0 Å². The van der Waals surface area contributed by atoms with Crippen LogP contribution >= 0.6 is 0 Å². The molecule has 2 aliphatic heterocycles. The van der Waals surface area contributed by atoms with E-state index in [1.807, 2.05) is 12.4 Å². The normalized spacial score (nSPS) is 21.6. The van der Waals surface area contributed by atoms with E-state index >= 15 is 0 Å². The smallest absolute Gasteiger partial charge is 0.225 e. The average molecular weight is 302 g/mol. The maximum Gasteiger partial charge on any atom is 0.225 e. The van der Waals surface area contributed by atoms with E-state index in [1.165, 1.54) is 31.5 Å². The second-order valence-corrected chi connectivity index (χ2v) is 7.98. The maximum atomic E-state index is 4.58. The third-order valence-electron chi connectivity index (χ3n) is 5.26. The van der Waals surface area contributed by atoms with E-state index in [-0.39, 0.29) is 0 Å². The molecule has 3 heterocycles. The third kappa shape index (κ3) is 3.27. The van der Waals surface area contributed by atoms with Gasteiger partial charge in [0.15, 0.2) is 0 Å². The summed E-state index contributed by atoms with van der Waals surface area (Å²) in [6.45, 7) is 13.9. The highest BCUT2D eigenvalue weighted by molar-refractivity contribution is 5.36. The van der Waals surface area contributed by atoms with E-state index in [2.05, 4.69) is 47.5 Å². The molecule has 0 radical (unpaired) electrons. The molecule has 2 fully saturated rings. The maximum absolute atomic E-state index is 4.58. The molecule has 0 saturated carbocycles. The molecule has 0 aliphatic carbocycles. The van der Waals surface area contributed by atoms with Crippen LogP contribution < -0.4 is 4.90 Å². The molecule has 22 heavy (non-hydrogen) atoms. The van der Waals surface area contributed by atoms with Crippen LogP contribution in [0, 0.1) is 11.3 Å². The Kier molecular flexibility index (Phi) is 4.40. The van der Waals surface area contributed by atoms with Crippen molar-refractivity contribution in [3.05, 3.63) is 18.0 Å². The lowest BCUT2D eigenvalue weighted by atomic mass is 9.72. The van der Waals surface area contributed by atoms with Crippen LogP contribution in [0.5, 0.6) is 0 Å². The quantitative estimate of drug-likeness (QED) is 0.856. The molecule has 0 amide bonds. The first-order valence-corrected chi connectivity index (χ1v) is 8.77. The molecule has 0 atom stereocenters. The van der Waals surface area contributed by atoms with Crippen molar-refractivity contribution in [1.29, 1.82) is 0 Å². The lowest BCUT2D eigenvalue weighted by Crippen LogP contribution is -2.61. The van der Waals surface area contributed by atoms with Crippen LogP contribution in [-0.2, 0) is 6.42 Å². The Bertz CT molecular complexity index is 478. The van der Waals surface area contributed by atoms with Crippen molar-refractivity contribution < 1.29 is 0 Å². The van der Waals surface area contributed by atoms with Crippen LogP contribution in [0.1, 0.15) is 46.1 Å². The number of rotatable bonds is 4. The van der Waals surface area contributed by atoms with Crippen molar-refractivity contribution in [3.8, 4) is 0 Å². The molecule has 1 spiro atoms. The molecule has 2 saturated heterocycles. The Morgan fingerprint density at radius 1 is 1.05 bits per heavy atom. The predicted molar refractivity (Wildman–Crippen MR) is 91.2 cm³/mol. The first-order chi connectivity index (χ1) is 10.5. The number of nitrogens with zero attached hydrogens (tertiary/aromatic N) is 4. The van der Waals surface area contributed by atoms with Gasteiger partial charge >= 0.3 is 0 Å². The molecule has 0 aromatic carbocycles. The third-order valence-corrected chi connectivity index (χ3v) is 5.26. The second kappa shape index (κ2) is 6.15. The van der Waals surface area contributed by atoms with Gasteiger partial charge in [-0.15, -0.1) is 0 Å². The van der Waals surface area contributed by atoms with Crippen LogP contribution in [0.15, 0.2) is 12.4 Å². The number of hydrogen-bond acceptors (Lipinski definition) is 4. The minimum Gasteiger partial charge on any atom is -0.340 e. The summed E-state index contributed by atoms with van der Waals surface area (Å²) in [5.41, 5.74) is 1.78. The SMILES string of the molecule is CC(C)Cc1cnc(N2CC3(CCN(C(C)C)CC3)C2)nc1. The number of likely N-dealkylation sites (tertiary alicyclic amines) is 1. The summed E-state index contributed by atoms with van der Waals surface area (Å²) in [7, 11) is 0. The zero-order valence-electron chi connectivity index (χ0n) is 14.5. The van der Waals surface area contributed by atoms with Crippen molar-refractivity contribution in [2.75, 3.05) is 31.1 Å². The second-order valence-electron chi connectivity index (χ2n) is 7.98. The zero-order chi connectivity index (χ0) is 15.7. The summed E-state index contributed by atoms with van der Waals surface area (Å²) in [4.78, 5) is 14.1. The Labute approximate surface area is 134 Å². The highest BCUT2D eigenvalue weighted by atomic mass is 15.3. The van der Waals surface area contributed by atoms with Crippen molar-refractivity contribution in [3.63, 3.8) is 0 Å². The molecular weight excluding hydrogens is 272 g/mol. The molecule has 4 nitrogen and oxygen atoms in total. The predicted octanol–water partition coefficient (Wildman–Crippen LogP) is 2.99. The van der Waals surface area contributed by atoms with Gasteiger partial charge in [0.2, 0.25) is 5.95 Å². The lowest BCUT2D eigenvalue weighted by Gasteiger charge is -2.54. The van der Waals surface area contributed by atoms with Crippen molar-refractivity contribution >= 4 is 5.95 Å². The first-order valence-electron chi connectivity index (χ1n) is 8.77. The van der Waals surface area contributed by atoms with E-state index in [4.69, 9.17) is 0 Å². The van der Waals surface area contributed by atoms with Crippen LogP contribution in [0.3, 0.4) is 0 Å². The highest BCUT2D eigenvalue weighted by Gasteiger charge is 2.45. The van der Waals surface area contributed by atoms with Gasteiger partial charge in [-0.1, -0.05) is 13.8 Å². The van der Waals surface area contributed by atoms with Crippen molar-refractivity contribution in [2.45, 2.75) is 53.0 Å². The average Bonchev–Trinajstić information content (AvgIpc) is 2.45. The molecule has 122 valence electrons. The summed E-state index contributed by atoms with van der Waals surface area (Å²) in [6.07, 6.45) is 7.73. The van der Waals surface area contributed by atoms with Gasteiger partial charge in [0.1, 0.15) is 0 Å². The van der Waals surface area contributed by atoms with Crippen LogP contribution in [0.25, 0.3) is 0 Å². The lowest BCUT2D eigenvalue weighted by molar-refractivity contribution is 0.0593. The molecule has 0 N–H and O–H groups in total. The molecule has 0 bridgehead atoms. The van der Waals surface area contributed by atoms with Gasteiger partial charge < -0.3 is 9.80 Å². The van der Waals surface area contributed by atoms with Crippen LogP contribution in [0.4, 0.5) is 5.95 Å². The largest absolute Gasteiger partial charge is 0.340 e. The molecule has 4 heteroatoms. The van der Waals surface area contributed by atoms with E-state index < -0.39 is 0 Å². The summed E-state index contributed by atoms with van der Waals surface area (Å²) < 4.78 is 0. The monoisotopic (exact) mass is 302 g/mol. The fourth-order valence-corrected chi connectivity index (χ4v) is 3.82. The Morgan fingerprint density at radius 2 is 1.64 bits per heavy atom. The van der Waals surface area contributed by atoms with Gasteiger partial charge in [-0.25, -0.2) is 9.97 Å². The summed E-state index contributed by atoms with van der Waals surface area (Å²) in [5, 5.41) is 0. The summed E-state index contributed by atoms with van der Waals surface area (Å²) in [6, 6.07) is 0.686. The standard InChI is InChI=1S/C18H30N4/c1-14(2)9-16-10-19-17(20-11-16)22-12-18(13-22)5-7-21(8-6-18)15(3)4/h10-11,14-15H,5-9,12-13H2,1-4H3. The first kappa shape index (κ1) is 15.7. The van der Waals surface area contributed by atoms with Gasteiger partial charge in [0.25, 0.3) is 0 Å². The molecule has 3 rings (SSSR count). The highest BCUT2D eigenvalue weighted by Crippen LogP contribution is 2.41. The molecule has 0 unspecified atom stereocenters. The fraction of sp³-hybridized carbons (Fsp3) is 0.778. The van der Waals surface area contributed by atoms with E-state index in [0.29, 0.717) is 17.4 Å². The van der Waals surface area contributed by atoms with Gasteiger partial charge in [-0.3, -0.25) is 0 Å². The topological polar surface area (TPSA) is 32.3 Å². The van der Waals surface area contributed by atoms with Crippen molar-refractivity contribution in [2.24, 2.45) is 11.3 Å². The number of aromatic nitrogens is 2. The van der Waals surface area contributed by atoms with Crippen molar-refractivity contribution in [1.82, 2.24) is 14.9 Å². The number of anilines is 1. The molecule has 2 aliphatic rings. The molecule has 1 aromatic heterocycles. The Balaban J connectivity index is 1.53. The van der Waals surface area contributed by atoms with Gasteiger partial charge in [-0.2, -0.15) is 0 Å². The zero-order valence-corrected chi connectivity index (χ0v) is 14.5. The minimum absolute atomic E-state index is 0.533. The van der Waals surface area contributed by atoms with E-state index in [1.54, 1.807) is 0 Å². The molecule has 1 aromatic rings. The van der Waals surface area contributed by atoms with Gasteiger partial charge in [-0.05, 0) is 57.7 Å². The number of piperidine rings is 1. The Morgan fingerprint density at radius 3 is 2.14 bits per heavy atom.